The van der Waals surface area contributed by atoms with E-state index in [0.717, 1.165) is 5.56 Å². The van der Waals surface area contributed by atoms with Gasteiger partial charge in [0, 0.05) is 23.8 Å². The Morgan fingerprint density at radius 2 is 1.81 bits per heavy atom. The van der Waals surface area contributed by atoms with Crippen LogP contribution in [0, 0.1) is 27.7 Å². The number of rotatable bonds is 8. The highest BCUT2D eigenvalue weighted by Crippen LogP contribution is 2.29. The number of benzene rings is 1. The van der Waals surface area contributed by atoms with Gasteiger partial charge in [-0.1, -0.05) is 28.9 Å². The lowest BCUT2D eigenvalue weighted by molar-refractivity contribution is 0.0519. The van der Waals surface area contributed by atoms with Crippen LogP contribution >= 0.6 is 11.6 Å². The van der Waals surface area contributed by atoms with Crippen LogP contribution in [-0.4, -0.2) is 35.4 Å². The molecule has 0 saturated carbocycles. The topological polar surface area (TPSA) is 106 Å². The van der Waals surface area contributed by atoms with Crippen molar-refractivity contribution in [1.82, 2.24) is 14.4 Å². The Balaban J connectivity index is 2.06. The van der Waals surface area contributed by atoms with Gasteiger partial charge in [0.05, 0.1) is 6.61 Å². The van der Waals surface area contributed by atoms with E-state index in [0.29, 0.717) is 33.2 Å². The quantitative estimate of drug-likeness (QED) is 0.478. The van der Waals surface area contributed by atoms with Gasteiger partial charge in [0.1, 0.15) is 16.3 Å². The lowest BCUT2D eigenvalue weighted by Crippen LogP contribution is -2.31. The van der Waals surface area contributed by atoms with Crippen molar-refractivity contribution >= 4 is 27.6 Å². The number of carbonyl (C=O) groups is 1. The number of halogens is 1. The summed E-state index contributed by atoms with van der Waals surface area (Å²) in [6.07, 6.45) is 0. The Morgan fingerprint density at radius 3 is 2.38 bits per heavy atom. The number of aromatic nitrogens is 2. The van der Waals surface area contributed by atoms with Gasteiger partial charge >= 0.3 is 5.97 Å². The molecule has 2 aromatic heterocycles. The van der Waals surface area contributed by atoms with Crippen LogP contribution in [0.4, 0.5) is 0 Å². The Labute approximate surface area is 192 Å². The van der Waals surface area contributed by atoms with Crippen LogP contribution < -0.4 is 0 Å². The third kappa shape index (κ3) is 4.74. The predicted molar refractivity (Wildman–Crippen MR) is 120 cm³/mol. The highest BCUT2D eigenvalue weighted by Gasteiger charge is 2.33. The number of hydrogen-bond acceptors (Lipinski definition) is 6. The van der Waals surface area contributed by atoms with E-state index < -0.39 is 16.0 Å². The first kappa shape index (κ1) is 24.0. The van der Waals surface area contributed by atoms with E-state index in [1.807, 2.05) is 0 Å². The molecule has 8 nitrogen and oxygen atoms in total. The summed E-state index contributed by atoms with van der Waals surface area (Å²) in [4.78, 5) is 15.4. The number of esters is 1. The normalized spacial score (nSPS) is 11.8. The average molecular weight is 480 g/mol. The Hall–Kier alpha value is -2.62. The second-order valence-corrected chi connectivity index (χ2v) is 9.81. The molecule has 0 bridgehead atoms. The van der Waals surface area contributed by atoms with Crippen LogP contribution in [0.15, 0.2) is 33.7 Å². The number of ether oxygens (including phenoxy) is 1. The third-order valence-electron chi connectivity index (χ3n) is 5.24. The van der Waals surface area contributed by atoms with E-state index in [-0.39, 0.29) is 30.4 Å². The molecule has 2 heterocycles. The minimum atomic E-state index is -3.97. The fraction of sp³-hybridized carbons (Fsp3) is 0.364. The number of hydrogen-bond donors (Lipinski definition) is 1. The number of H-pyrrole nitrogens is 1. The van der Waals surface area contributed by atoms with E-state index in [9.17, 15) is 13.2 Å². The Bertz CT molecular complexity index is 1210. The molecule has 0 aliphatic rings. The maximum absolute atomic E-state index is 13.7. The first-order valence-corrected chi connectivity index (χ1v) is 11.9. The van der Waals surface area contributed by atoms with Gasteiger partial charge in [0.25, 0.3) is 0 Å². The van der Waals surface area contributed by atoms with Crippen LogP contribution in [-0.2, 0) is 27.8 Å². The standard InChI is InChI=1S/C22H26ClN3O5S/c1-6-30-22(27)20-13(2)19(14(3)24-20)12-26(11-17-7-9-18(23)10-8-17)32(28,29)21-15(4)25-31-16(21)5/h7-10,24H,6,11-12H2,1-5H3. The van der Waals surface area contributed by atoms with Crippen LogP contribution in [0.5, 0.6) is 0 Å². The fourth-order valence-electron chi connectivity index (χ4n) is 3.60. The fourth-order valence-corrected chi connectivity index (χ4v) is 5.41. The van der Waals surface area contributed by atoms with Gasteiger partial charge in [0.2, 0.25) is 10.0 Å². The maximum atomic E-state index is 13.7. The molecule has 0 aliphatic heterocycles. The molecule has 0 unspecified atom stereocenters. The minimum absolute atomic E-state index is 0.0442. The summed E-state index contributed by atoms with van der Waals surface area (Å²) in [6.45, 7) is 8.85. The van der Waals surface area contributed by atoms with Gasteiger partial charge in [0.15, 0.2) is 5.76 Å². The van der Waals surface area contributed by atoms with E-state index in [1.165, 1.54) is 4.31 Å². The van der Waals surface area contributed by atoms with E-state index in [1.54, 1.807) is 58.9 Å². The molecular formula is C22H26ClN3O5S. The lowest BCUT2D eigenvalue weighted by Gasteiger charge is -2.23. The number of carbonyl (C=O) groups excluding carboxylic acids is 1. The molecule has 1 aromatic carbocycles. The highest BCUT2D eigenvalue weighted by molar-refractivity contribution is 7.89. The zero-order valence-corrected chi connectivity index (χ0v) is 20.2. The molecule has 0 spiro atoms. The SMILES string of the molecule is CCOC(=O)c1[nH]c(C)c(CN(Cc2ccc(Cl)cc2)S(=O)(=O)c2c(C)noc2C)c1C. The van der Waals surface area contributed by atoms with Crippen molar-refractivity contribution in [3.05, 3.63) is 68.8 Å². The number of sulfonamides is 1. The number of aryl methyl sites for hydroxylation is 3. The van der Waals surface area contributed by atoms with Gasteiger partial charge in [-0.3, -0.25) is 0 Å². The van der Waals surface area contributed by atoms with Gasteiger partial charge < -0.3 is 14.2 Å². The molecule has 0 atom stereocenters. The van der Waals surface area contributed by atoms with Gasteiger partial charge in [-0.15, -0.1) is 0 Å². The first-order chi connectivity index (χ1) is 15.1. The molecular weight excluding hydrogens is 454 g/mol. The minimum Gasteiger partial charge on any atom is -0.461 e. The molecule has 0 fully saturated rings. The number of nitrogens with one attached hydrogen (secondary N) is 1. The molecule has 0 saturated heterocycles. The van der Waals surface area contributed by atoms with Gasteiger partial charge in [-0.25, -0.2) is 13.2 Å². The van der Waals surface area contributed by atoms with Crippen molar-refractivity contribution < 1.29 is 22.5 Å². The van der Waals surface area contributed by atoms with Crippen LogP contribution in [0.2, 0.25) is 5.02 Å². The molecule has 172 valence electrons. The maximum Gasteiger partial charge on any atom is 0.355 e. The third-order valence-corrected chi connectivity index (χ3v) is 7.53. The van der Waals surface area contributed by atoms with E-state index in [4.69, 9.17) is 20.9 Å². The number of nitrogens with zero attached hydrogens (tertiary/aromatic N) is 2. The predicted octanol–water partition coefficient (Wildman–Crippen LogP) is 4.46. The Morgan fingerprint density at radius 1 is 1.16 bits per heavy atom. The van der Waals surface area contributed by atoms with Crippen LogP contribution in [0.3, 0.4) is 0 Å². The molecule has 32 heavy (non-hydrogen) atoms. The van der Waals surface area contributed by atoms with Crippen molar-refractivity contribution in [3.63, 3.8) is 0 Å². The van der Waals surface area contributed by atoms with Gasteiger partial charge in [-0.05, 0) is 63.4 Å². The Kier molecular flexibility index (Phi) is 7.12. The van der Waals surface area contributed by atoms with E-state index >= 15 is 0 Å². The van der Waals surface area contributed by atoms with Crippen molar-refractivity contribution in [2.45, 2.75) is 52.6 Å². The smallest absolute Gasteiger partial charge is 0.355 e. The summed E-state index contributed by atoms with van der Waals surface area (Å²) in [7, 11) is -3.97. The summed E-state index contributed by atoms with van der Waals surface area (Å²) >= 11 is 5.99. The van der Waals surface area contributed by atoms with Crippen molar-refractivity contribution in [2.24, 2.45) is 0 Å². The summed E-state index contributed by atoms with van der Waals surface area (Å²) in [5, 5.41) is 4.37. The molecule has 0 radical (unpaired) electrons. The number of aromatic amines is 1. The van der Waals surface area contributed by atoms with Crippen LogP contribution in [0.1, 0.15) is 51.3 Å². The second kappa shape index (κ2) is 9.48. The summed E-state index contributed by atoms with van der Waals surface area (Å²) in [5.41, 5.74) is 3.43. The zero-order valence-electron chi connectivity index (χ0n) is 18.7. The van der Waals surface area contributed by atoms with Gasteiger partial charge in [-0.2, -0.15) is 4.31 Å². The van der Waals surface area contributed by atoms with E-state index in [2.05, 4.69) is 10.1 Å². The monoisotopic (exact) mass is 479 g/mol. The summed E-state index contributed by atoms with van der Waals surface area (Å²) in [5.74, 6) is -0.254. The molecule has 10 heteroatoms. The zero-order chi connectivity index (χ0) is 23.6. The van der Waals surface area contributed by atoms with Crippen molar-refractivity contribution in [1.29, 1.82) is 0 Å². The highest BCUT2D eigenvalue weighted by atomic mass is 35.5. The van der Waals surface area contributed by atoms with Crippen LogP contribution in [0.25, 0.3) is 0 Å². The largest absolute Gasteiger partial charge is 0.461 e. The first-order valence-electron chi connectivity index (χ1n) is 10.1. The second-order valence-electron chi connectivity index (χ2n) is 7.50. The molecule has 3 rings (SSSR count). The molecule has 3 aromatic rings. The summed E-state index contributed by atoms with van der Waals surface area (Å²) < 4.78 is 38.9. The average Bonchev–Trinajstić information content (AvgIpc) is 3.22. The van der Waals surface area contributed by atoms with Crippen molar-refractivity contribution in [2.75, 3.05) is 6.61 Å². The van der Waals surface area contributed by atoms with Crippen molar-refractivity contribution in [3.8, 4) is 0 Å². The molecule has 0 aliphatic carbocycles. The molecule has 0 amide bonds. The lowest BCUT2D eigenvalue weighted by atomic mass is 10.1. The molecule has 1 N–H and O–H groups in total. The summed E-state index contributed by atoms with van der Waals surface area (Å²) in [6, 6.07) is 6.98.